The zero-order chi connectivity index (χ0) is 8.95. The lowest BCUT2D eigenvalue weighted by atomic mass is 10.4. The minimum atomic E-state index is 0.375. The van der Waals surface area contributed by atoms with Crippen molar-refractivity contribution in [3.05, 3.63) is 12.2 Å². The fourth-order valence-corrected chi connectivity index (χ4v) is 0.589. The normalized spacial score (nSPS) is 11.9. The van der Waals surface area contributed by atoms with Gasteiger partial charge in [-0.25, -0.2) is 0 Å². The molecule has 0 aliphatic heterocycles. The Kier molecular flexibility index (Phi) is 18.8. The van der Waals surface area contributed by atoms with Crippen molar-refractivity contribution in [2.45, 2.75) is 33.1 Å². The Morgan fingerprint density at radius 1 is 1.27 bits per heavy atom. The number of ether oxygens (including phenoxy) is 1. The number of hydrogen-bond donors (Lipinski definition) is 0. The molecule has 0 heterocycles. The molecule has 0 bridgehead atoms. The Hall–Kier alpha value is -0.790. The number of carbonyl (C=O) groups excluding carboxylic acids is 1. The minimum absolute atomic E-state index is 0.375. The average molecular weight is 158 g/mol. The van der Waals surface area contributed by atoms with E-state index >= 15 is 0 Å². The summed E-state index contributed by atoms with van der Waals surface area (Å²) in [5.41, 5.74) is 0. The maximum atomic E-state index is 8.95. The number of carbonyl (C=O) groups is 1. The Labute approximate surface area is 69.3 Å². The molecule has 2 heteroatoms. The zero-order valence-corrected chi connectivity index (χ0v) is 7.67. The molecule has 0 spiro atoms. The largest absolute Gasteiger partial charge is 0.471 e. The van der Waals surface area contributed by atoms with Crippen molar-refractivity contribution in [2.24, 2.45) is 0 Å². The van der Waals surface area contributed by atoms with E-state index in [4.69, 9.17) is 4.79 Å². The maximum Gasteiger partial charge on any atom is 0.292 e. The van der Waals surface area contributed by atoms with Crippen LogP contribution in [0, 0.1) is 0 Å². The molecular formula is C9H18O2. The molecule has 2 nitrogen and oxygen atoms in total. The third kappa shape index (κ3) is 17.6. The second kappa shape index (κ2) is 16.1. The predicted molar refractivity (Wildman–Crippen MR) is 47.4 cm³/mol. The van der Waals surface area contributed by atoms with Gasteiger partial charge in [-0.15, -0.1) is 0 Å². The fourth-order valence-electron chi connectivity index (χ4n) is 0.589. The van der Waals surface area contributed by atoms with Gasteiger partial charge in [0.1, 0.15) is 0 Å². The Morgan fingerprint density at radius 3 is 1.73 bits per heavy atom. The van der Waals surface area contributed by atoms with E-state index in [9.17, 15) is 0 Å². The van der Waals surface area contributed by atoms with Crippen LogP contribution in [-0.4, -0.2) is 13.6 Å². The van der Waals surface area contributed by atoms with Crippen LogP contribution >= 0.6 is 0 Å². The summed E-state index contributed by atoms with van der Waals surface area (Å²) in [7, 11) is 1.31. The van der Waals surface area contributed by atoms with Gasteiger partial charge in [0.15, 0.2) is 0 Å². The first-order valence-electron chi connectivity index (χ1n) is 4.03. The summed E-state index contributed by atoms with van der Waals surface area (Å²) >= 11 is 0. The van der Waals surface area contributed by atoms with Gasteiger partial charge in [0.05, 0.1) is 7.11 Å². The van der Waals surface area contributed by atoms with Gasteiger partial charge < -0.3 is 4.74 Å². The van der Waals surface area contributed by atoms with Crippen molar-refractivity contribution in [3.8, 4) is 0 Å². The summed E-state index contributed by atoms with van der Waals surface area (Å²) < 4.78 is 3.86. The third-order valence-corrected chi connectivity index (χ3v) is 1.00. The molecule has 0 aromatic carbocycles. The summed E-state index contributed by atoms with van der Waals surface area (Å²) in [5, 5.41) is 0. The number of allylic oxidation sites excluding steroid dienone is 2. The lowest BCUT2D eigenvalue weighted by Gasteiger charge is -1.69. The monoisotopic (exact) mass is 158 g/mol. The molecule has 1 rings (SSSR count). The van der Waals surface area contributed by atoms with Crippen LogP contribution in [0.25, 0.3) is 0 Å². The maximum absolute atomic E-state index is 8.95. The van der Waals surface area contributed by atoms with Gasteiger partial charge in [0.25, 0.3) is 6.47 Å². The van der Waals surface area contributed by atoms with Crippen LogP contribution in [0.15, 0.2) is 12.2 Å². The summed E-state index contributed by atoms with van der Waals surface area (Å²) in [4.78, 5) is 8.95. The van der Waals surface area contributed by atoms with Crippen LogP contribution in [0.5, 0.6) is 0 Å². The predicted octanol–water partition coefficient (Wildman–Crippen LogP) is 2.54. The lowest BCUT2D eigenvalue weighted by Crippen LogP contribution is -1.68. The number of methoxy groups -OCH3 is 1. The van der Waals surface area contributed by atoms with Gasteiger partial charge in [-0.2, -0.15) is 0 Å². The van der Waals surface area contributed by atoms with Gasteiger partial charge in [0, 0.05) is 0 Å². The van der Waals surface area contributed by atoms with Crippen LogP contribution in [0.4, 0.5) is 0 Å². The van der Waals surface area contributed by atoms with Crippen LogP contribution in [0.1, 0.15) is 33.1 Å². The van der Waals surface area contributed by atoms with Crippen molar-refractivity contribution in [3.63, 3.8) is 0 Å². The summed E-state index contributed by atoms with van der Waals surface area (Å²) in [6.07, 6.45) is 8.50. The topological polar surface area (TPSA) is 26.3 Å². The molecule has 0 amide bonds. The van der Waals surface area contributed by atoms with Crippen molar-refractivity contribution < 1.29 is 9.53 Å². The minimum Gasteiger partial charge on any atom is -0.471 e. The van der Waals surface area contributed by atoms with E-state index in [0.717, 1.165) is 0 Å². The number of hydrogen-bond acceptors (Lipinski definition) is 2. The Bertz CT molecular complexity index is 81.6. The highest BCUT2D eigenvalue weighted by Gasteiger charge is 1.84. The van der Waals surface area contributed by atoms with E-state index in [1.165, 1.54) is 26.4 Å². The first kappa shape index (κ1) is 12.8. The van der Waals surface area contributed by atoms with Gasteiger partial charge in [0.2, 0.25) is 0 Å². The lowest BCUT2D eigenvalue weighted by molar-refractivity contribution is -0.126. The van der Waals surface area contributed by atoms with Crippen LogP contribution in [0.2, 0.25) is 0 Å². The van der Waals surface area contributed by atoms with Crippen molar-refractivity contribution >= 4 is 6.47 Å². The van der Waals surface area contributed by atoms with Crippen molar-refractivity contribution in [1.82, 2.24) is 0 Å². The first-order chi connectivity index (χ1) is 5.41. The molecule has 0 radical (unpaired) electrons. The van der Waals surface area contributed by atoms with E-state index in [1.807, 2.05) is 13.8 Å². The molecule has 0 N–H and O–H groups in total. The molecule has 0 saturated carbocycles. The second-order valence-corrected chi connectivity index (χ2v) is 1.73. The van der Waals surface area contributed by atoms with E-state index in [-0.39, 0.29) is 0 Å². The van der Waals surface area contributed by atoms with E-state index < -0.39 is 0 Å². The van der Waals surface area contributed by atoms with Crippen LogP contribution in [-0.2, 0) is 9.53 Å². The highest BCUT2D eigenvalue weighted by atomic mass is 16.5. The molecule has 0 fully saturated rings. The Morgan fingerprint density at radius 2 is 1.64 bits per heavy atom. The summed E-state index contributed by atoms with van der Waals surface area (Å²) in [5.74, 6) is 0. The molecule has 1 aliphatic carbocycles. The standard InChI is InChI=1S/C5H8.C2H4O2.C2H6/c1-2-4-5-3-1;1-4-2-3;1-2/h1-2H,3-5H2;2H,1H3;1-2H3. The van der Waals surface area contributed by atoms with Gasteiger partial charge in [-0.05, 0) is 19.3 Å². The summed E-state index contributed by atoms with van der Waals surface area (Å²) in [6.45, 7) is 4.38. The van der Waals surface area contributed by atoms with Crippen molar-refractivity contribution in [2.75, 3.05) is 7.11 Å². The van der Waals surface area contributed by atoms with E-state index in [0.29, 0.717) is 6.47 Å². The second-order valence-electron chi connectivity index (χ2n) is 1.73. The van der Waals surface area contributed by atoms with E-state index in [2.05, 4.69) is 16.9 Å². The number of rotatable bonds is 1. The molecule has 0 aromatic rings. The SMILES string of the molecule is C1=CCCC1.CC.COC=O. The first-order valence-corrected chi connectivity index (χ1v) is 4.03. The molecular weight excluding hydrogens is 140 g/mol. The molecule has 11 heavy (non-hydrogen) atoms. The van der Waals surface area contributed by atoms with Crippen molar-refractivity contribution in [1.29, 1.82) is 0 Å². The molecule has 0 unspecified atom stereocenters. The molecule has 1 aliphatic rings. The molecule has 66 valence electrons. The van der Waals surface area contributed by atoms with Gasteiger partial charge >= 0.3 is 0 Å². The quantitative estimate of drug-likeness (QED) is 0.433. The van der Waals surface area contributed by atoms with Crippen LogP contribution < -0.4 is 0 Å². The molecule has 0 saturated heterocycles. The van der Waals surface area contributed by atoms with E-state index in [1.54, 1.807) is 0 Å². The molecule has 0 atom stereocenters. The Balaban J connectivity index is 0. The highest BCUT2D eigenvalue weighted by molar-refractivity contribution is 5.36. The highest BCUT2D eigenvalue weighted by Crippen LogP contribution is 2.05. The van der Waals surface area contributed by atoms with Gasteiger partial charge in [-0.3, -0.25) is 4.79 Å². The third-order valence-electron chi connectivity index (χ3n) is 1.00. The fraction of sp³-hybridized carbons (Fsp3) is 0.667. The van der Waals surface area contributed by atoms with Crippen LogP contribution in [0.3, 0.4) is 0 Å². The average Bonchev–Trinajstić information content (AvgIpc) is 2.65. The smallest absolute Gasteiger partial charge is 0.292 e. The zero-order valence-electron chi connectivity index (χ0n) is 7.67. The van der Waals surface area contributed by atoms with Gasteiger partial charge in [-0.1, -0.05) is 26.0 Å². The summed E-state index contributed by atoms with van der Waals surface area (Å²) in [6, 6.07) is 0. The molecule has 0 aromatic heterocycles.